The average Bonchev–Trinajstić information content (AvgIpc) is 2.61. The van der Waals surface area contributed by atoms with Crippen molar-refractivity contribution in [3.8, 4) is 0 Å². The third-order valence-corrected chi connectivity index (χ3v) is 4.82. The molecule has 124 valence electrons. The molecule has 1 amide bonds. The van der Waals surface area contributed by atoms with E-state index in [-0.39, 0.29) is 11.6 Å². The van der Waals surface area contributed by atoms with Crippen LogP contribution >= 0.6 is 15.9 Å². The van der Waals surface area contributed by atoms with Gasteiger partial charge >= 0.3 is 5.97 Å². The van der Waals surface area contributed by atoms with E-state index in [1.54, 1.807) is 11.0 Å². The summed E-state index contributed by atoms with van der Waals surface area (Å²) in [7, 11) is 0. The SMILES string of the molecule is O=C(O)c1cc(C(=O)N2CCC(c3cccc(Br)c3)CC2)ccn1. The Morgan fingerprint density at radius 2 is 1.92 bits per heavy atom. The second kappa shape index (κ2) is 7.13. The second-order valence-electron chi connectivity index (χ2n) is 5.86. The molecule has 2 aromatic rings. The van der Waals surface area contributed by atoms with Crippen LogP contribution in [0.1, 0.15) is 45.2 Å². The molecule has 0 aliphatic carbocycles. The van der Waals surface area contributed by atoms with Gasteiger partial charge in [-0.25, -0.2) is 9.78 Å². The van der Waals surface area contributed by atoms with E-state index in [0.717, 1.165) is 17.3 Å². The molecule has 1 saturated heterocycles. The molecule has 0 bridgehead atoms. The van der Waals surface area contributed by atoms with E-state index in [2.05, 4.69) is 33.0 Å². The number of hydrogen-bond donors (Lipinski definition) is 1. The number of carbonyl (C=O) groups excluding carboxylic acids is 1. The molecule has 0 saturated carbocycles. The topological polar surface area (TPSA) is 70.5 Å². The highest BCUT2D eigenvalue weighted by molar-refractivity contribution is 9.10. The minimum Gasteiger partial charge on any atom is -0.477 e. The van der Waals surface area contributed by atoms with Crippen molar-refractivity contribution >= 4 is 27.8 Å². The highest BCUT2D eigenvalue weighted by Crippen LogP contribution is 2.30. The van der Waals surface area contributed by atoms with Gasteiger partial charge in [0.15, 0.2) is 0 Å². The molecule has 24 heavy (non-hydrogen) atoms. The lowest BCUT2D eigenvalue weighted by Gasteiger charge is -2.32. The van der Waals surface area contributed by atoms with Gasteiger partial charge in [-0.05, 0) is 48.6 Å². The van der Waals surface area contributed by atoms with Crippen molar-refractivity contribution in [1.82, 2.24) is 9.88 Å². The number of hydrogen-bond acceptors (Lipinski definition) is 3. The highest BCUT2D eigenvalue weighted by Gasteiger charge is 2.25. The molecule has 1 aliphatic heterocycles. The van der Waals surface area contributed by atoms with Gasteiger partial charge in [0.05, 0.1) is 0 Å². The van der Waals surface area contributed by atoms with Gasteiger partial charge in [0.1, 0.15) is 5.69 Å². The van der Waals surface area contributed by atoms with E-state index in [0.29, 0.717) is 24.6 Å². The lowest BCUT2D eigenvalue weighted by molar-refractivity contribution is 0.0690. The Balaban J connectivity index is 1.67. The summed E-state index contributed by atoms with van der Waals surface area (Å²) in [5.41, 5.74) is 1.56. The predicted molar refractivity (Wildman–Crippen MR) is 93.2 cm³/mol. The number of carboxylic acids is 1. The molecule has 1 fully saturated rings. The number of benzene rings is 1. The summed E-state index contributed by atoms with van der Waals surface area (Å²) in [5.74, 6) is -0.816. The van der Waals surface area contributed by atoms with Gasteiger partial charge < -0.3 is 10.0 Å². The Morgan fingerprint density at radius 1 is 1.17 bits per heavy atom. The first-order valence-electron chi connectivity index (χ1n) is 7.78. The number of rotatable bonds is 3. The number of piperidine rings is 1. The Kier molecular flexibility index (Phi) is 4.94. The molecule has 0 atom stereocenters. The molecule has 0 spiro atoms. The van der Waals surface area contributed by atoms with Gasteiger partial charge in [0.25, 0.3) is 5.91 Å². The predicted octanol–water partition coefficient (Wildman–Crippen LogP) is 3.56. The van der Waals surface area contributed by atoms with Gasteiger partial charge in [-0.3, -0.25) is 4.79 Å². The highest BCUT2D eigenvalue weighted by atomic mass is 79.9. The van der Waals surface area contributed by atoms with Crippen LogP contribution in [0.3, 0.4) is 0 Å². The van der Waals surface area contributed by atoms with Crippen molar-refractivity contribution in [3.63, 3.8) is 0 Å². The normalized spacial score (nSPS) is 15.3. The summed E-state index contributed by atoms with van der Waals surface area (Å²) in [6.45, 7) is 1.33. The largest absolute Gasteiger partial charge is 0.477 e. The fourth-order valence-electron chi connectivity index (χ4n) is 3.04. The number of pyridine rings is 1. The molecule has 6 heteroatoms. The van der Waals surface area contributed by atoms with Crippen LogP contribution in [0.4, 0.5) is 0 Å². The number of carbonyl (C=O) groups is 2. The van der Waals surface area contributed by atoms with Crippen molar-refractivity contribution in [2.75, 3.05) is 13.1 Å². The molecule has 0 unspecified atom stereocenters. The van der Waals surface area contributed by atoms with Gasteiger partial charge in [-0.15, -0.1) is 0 Å². The van der Waals surface area contributed by atoms with Gasteiger partial charge in [-0.2, -0.15) is 0 Å². The van der Waals surface area contributed by atoms with E-state index in [1.807, 2.05) is 12.1 Å². The first-order chi connectivity index (χ1) is 11.5. The third kappa shape index (κ3) is 3.64. The molecule has 1 N–H and O–H groups in total. The minimum absolute atomic E-state index is 0.107. The van der Waals surface area contributed by atoms with Crippen LogP contribution in [0, 0.1) is 0 Å². The molecule has 3 rings (SSSR count). The second-order valence-corrected chi connectivity index (χ2v) is 6.77. The zero-order chi connectivity index (χ0) is 17.1. The maximum atomic E-state index is 12.6. The van der Waals surface area contributed by atoms with E-state index in [4.69, 9.17) is 5.11 Å². The standard InChI is InChI=1S/C18H17BrN2O3/c19-15-3-1-2-13(10-15)12-5-8-21(9-6-12)17(22)14-4-7-20-16(11-14)18(23)24/h1-4,7,10-12H,5-6,8-9H2,(H,23,24). The van der Waals surface area contributed by atoms with Crippen molar-refractivity contribution in [1.29, 1.82) is 0 Å². The number of likely N-dealkylation sites (tertiary alicyclic amines) is 1. The first kappa shape index (κ1) is 16.6. The third-order valence-electron chi connectivity index (χ3n) is 4.33. The maximum absolute atomic E-state index is 12.6. The van der Waals surface area contributed by atoms with Crippen LogP contribution in [0.15, 0.2) is 47.1 Å². The molecule has 1 aliphatic rings. The number of halogens is 1. The number of nitrogens with zero attached hydrogens (tertiary/aromatic N) is 2. The van der Waals surface area contributed by atoms with E-state index in [9.17, 15) is 9.59 Å². The number of aromatic nitrogens is 1. The fourth-order valence-corrected chi connectivity index (χ4v) is 3.46. The Morgan fingerprint density at radius 3 is 2.58 bits per heavy atom. The first-order valence-corrected chi connectivity index (χ1v) is 8.58. The number of amides is 1. The van der Waals surface area contributed by atoms with E-state index < -0.39 is 5.97 Å². The summed E-state index contributed by atoms with van der Waals surface area (Å²) in [6.07, 6.45) is 3.17. The molecule has 2 heterocycles. The van der Waals surface area contributed by atoms with E-state index >= 15 is 0 Å². The quantitative estimate of drug-likeness (QED) is 0.872. The van der Waals surface area contributed by atoms with Gasteiger partial charge in [0.2, 0.25) is 0 Å². The van der Waals surface area contributed by atoms with E-state index in [1.165, 1.54) is 17.8 Å². The van der Waals surface area contributed by atoms with Crippen LogP contribution in [-0.2, 0) is 0 Å². The lowest BCUT2D eigenvalue weighted by Crippen LogP contribution is -2.38. The van der Waals surface area contributed by atoms with Crippen LogP contribution in [-0.4, -0.2) is 40.0 Å². The maximum Gasteiger partial charge on any atom is 0.354 e. The zero-order valence-electron chi connectivity index (χ0n) is 13.0. The van der Waals surface area contributed by atoms with Crippen molar-refractivity contribution < 1.29 is 14.7 Å². The van der Waals surface area contributed by atoms with Crippen LogP contribution in [0.25, 0.3) is 0 Å². The monoisotopic (exact) mass is 388 g/mol. The summed E-state index contributed by atoms with van der Waals surface area (Å²) >= 11 is 3.49. The smallest absolute Gasteiger partial charge is 0.354 e. The zero-order valence-corrected chi connectivity index (χ0v) is 14.6. The summed E-state index contributed by atoms with van der Waals surface area (Å²) in [6, 6.07) is 11.2. The van der Waals surface area contributed by atoms with Crippen LogP contribution in [0.5, 0.6) is 0 Å². The Bertz CT molecular complexity index is 770. The summed E-state index contributed by atoms with van der Waals surface area (Å²) < 4.78 is 1.07. The van der Waals surface area contributed by atoms with Gasteiger partial charge in [0, 0.05) is 29.3 Å². The summed E-state index contributed by atoms with van der Waals surface area (Å²) in [4.78, 5) is 29.1. The number of aromatic carboxylic acids is 1. The number of carboxylic acid groups (broad SMARTS) is 1. The molecule has 0 radical (unpaired) electrons. The van der Waals surface area contributed by atoms with Crippen molar-refractivity contribution in [2.45, 2.75) is 18.8 Å². The Labute approximate surface area is 148 Å². The van der Waals surface area contributed by atoms with Crippen molar-refractivity contribution in [2.24, 2.45) is 0 Å². The molecule has 5 nitrogen and oxygen atoms in total. The van der Waals surface area contributed by atoms with Crippen molar-refractivity contribution in [3.05, 3.63) is 63.9 Å². The average molecular weight is 389 g/mol. The minimum atomic E-state index is -1.13. The molecular formula is C18H17BrN2O3. The fraction of sp³-hybridized carbons (Fsp3) is 0.278. The van der Waals surface area contributed by atoms with Crippen LogP contribution < -0.4 is 0 Å². The lowest BCUT2D eigenvalue weighted by atomic mass is 9.89. The summed E-state index contributed by atoms with van der Waals surface area (Å²) in [5, 5.41) is 8.99. The van der Waals surface area contributed by atoms with Crippen LogP contribution in [0.2, 0.25) is 0 Å². The van der Waals surface area contributed by atoms with Gasteiger partial charge in [-0.1, -0.05) is 28.1 Å². The molecular weight excluding hydrogens is 372 g/mol. The Hall–Kier alpha value is -2.21. The molecule has 1 aromatic carbocycles. The molecule has 1 aromatic heterocycles.